The first-order valence-corrected chi connectivity index (χ1v) is 5.10. The highest BCUT2D eigenvalue weighted by Gasteiger charge is 2.09. The molecular formula is C12H17Cl. The average Bonchev–Trinajstić information content (AvgIpc) is 2.02. The predicted octanol–water partition coefficient (Wildman–Crippen LogP) is 4.32. The molecule has 0 aliphatic carbocycles. The molecule has 0 nitrogen and oxygen atoms in total. The van der Waals surface area contributed by atoms with Gasteiger partial charge in [0.2, 0.25) is 0 Å². The molecule has 72 valence electrons. The van der Waals surface area contributed by atoms with E-state index in [2.05, 4.69) is 32.9 Å². The van der Waals surface area contributed by atoms with Crippen molar-refractivity contribution in [1.82, 2.24) is 0 Å². The minimum Gasteiger partial charge on any atom is -0.0843 e. The van der Waals surface area contributed by atoms with Crippen LogP contribution in [0.25, 0.3) is 0 Å². The third kappa shape index (κ3) is 4.33. The van der Waals surface area contributed by atoms with Crippen LogP contribution in [0.15, 0.2) is 24.3 Å². The van der Waals surface area contributed by atoms with Crippen molar-refractivity contribution >= 4 is 11.6 Å². The topological polar surface area (TPSA) is 0 Å². The summed E-state index contributed by atoms with van der Waals surface area (Å²) in [7, 11) is 0. The zero-order chi connectivity index (χ0) is 9.90. The summed E-state index contributed by atoms with van der Waals surface area (Å²) in [5.74, 6) is 0. The van der Waals surface area contributed by atoms with Gasteiger partial charge in [0.05, 0.1) is 0 Å². The van der Waals surface area contributed by atoms with Crippen molar-refractivity contribution in [2.24, 2.45) is 5.41 Å². The second-order valence-corrected chi connectivity index (χ2v) is 5.12. The molecule has 0 fully saturated rings. The van der Waals surface area contributed by atoms with Crippen molar-refractivity contribution in [2.75, 3.05) is 0 Å². The van der Waals surface area contributed by atoms with Gasteiger partial charge in [-0.1, -0.05) is 44.5 Å². The first-order valence-electron chi connectivity index (χ1n) is 4.72. The van der Waals surface area contributed by atoms with Crippen LogP contribution in [-0.2, 0) is 6.42 Å². The second-order valence-electron chi connectivity index (χ2n) is 4.69. The second kappa shape index (κ2) is 4.15. The molecule has 0 unspecified atom stereocenters. The smallest absolute Gasteiger partial charge is 0.0406 e. The Morgan fingerprint density at radius 3 is 2.08 bits per heavy atom. The molecule has 1 rings (SSSR count). The number of aryl methyl sites for hydroxylation is 1. The lowest BCUT2D eigenvalue weighted by Gasteiger charge is -2.17. The van der Waals surface area contributed by atoms with Crippen LogP contribution < -0.4 is 0 Å². The summed E-state index contributed by atoms with van der Waals surface area (Å²) in [6.45, 7) is 6.80. The molecule has 0 heterocycles. The molecule has 0 N–H and O–H groups in total. The lowest BCUT2D eigenvalue weighted by atomic mass is 9.89. The fourth-order valence-corrected chi connectivity index (χ4v) is 1.30. The van der Waals surface area contributed by atoms with Gasteiger partial charge in [-0.25, -0.2) is 0 Å². The summed E-state index contributed by atoms with van der Waals surface area (Å²) in [6, 6.07) is 8.13. The van der Waals surface area contributed by atoms with Gasteiger partial charge in [-0.15, -0.1) is 0 Å². The monoisotopic (exact) mass is 196 g/mol. The molecule has 0 aromatic heterocycles. The van der Waals surface area contributed by atoms with Crippen molar-refractivity contribution in [2.45, 2.75) is 33.6 Å². The van der Waals surface area contributed by atoms with Gasteiger partial charge in [-0.2, -0.15) is 0 Å². The third-order valence-corrected chi connectivity index (χ3v) is 2.33. The van der Waals surface area contributed by atoms with Crippen molar-refractivity contribution < 1.29 is 0 Å². The quantitative estimate of drug-likeness (QED) is 0.661. The molecule has 1 aromatic rings. The van der Waals surface area contributed by atoms with Crippen molar-refractivity contribution in [3.05, 3.63) is 34.9 Å². The highest BCUT2D eigenvalue weighted by atomic mass is 35.5. The van der Waals surface area contributed by atoms with Crippen LogP contribution in [0.2, 0.25) is 5.02 Å². The van der Waals surface area contributed by atoms with Crippen LogP contribution in [0.4, 0.5) is 0 Å². The van der Waals surface area contributed by atoms with Crippen LogP contribution in [0.3, 0.4) is 0 Å². The Bertz CT molecular complexity index is 253. The Balaban J connectivity index is 2.51. The van der Waals surface area contributed by atoms with E-state index in [4.69, 9.17) is 11.6 Å². The van der Waals surface area contributed by atoms with Gasteiger partial charge >= 0.3 is 0 Å². The number of halogens is 1. The zero-order valence-corrected chi connectivity index (χ0v) is 9.36. The van der Waals surface area contributed by atoms with Gasteiger partial charge in [0.15, 0.2) is 0 Å². The Morgan fingerprint density at radius 2 is 1.62 bits per heavy atom. The van der Waals surface area contributed by atoms with Crippen LogP contribution in [0.1, 0.15) is 32.8 Å². The predicted molar refractivity (Wildman–Crippen MR) is 59.2 cm³/mol. The van der Waals surface area contributed by atoms with E-state index >= 15 is 0 Å². The summed E-state index contributed by atoms with van der Waals surface area (Å²) >= 11 is 5.80. The number of benzene rings is 1. The van der Waals surface area contributed by atoms with Gasteiger partial charge < -0.3 is 0 Å². The number of hydrogen-bond donors (Lipinski definition) is 0. The van der Waals surface area contributed by atoms with E-state index in [9.17, 15) is 0 Å². The van der Waals surface area contributed by atoms with E-state index in [-0.39, 0.29) is 0 Å². The lowest BCUT2D eigenvalue weighted by molar-refractivity contribution is 0.378. The van der Waals surface area contributed by atoms with E-state index in [0.717, 1.165) is 11.4 Å². The molecule has 0 amide bonds. The van der Waals surface area contributed by atoms with E-state index in [0.29, 0.717) is 5.41 Å². The molecule has 0 aliphatic rings. The molecule has 1 aromatic carbocycles. The van der Waals surface area contributed by atoms with Gasteiger partial charge in [0.1, 0.15) is 0 Å². The summed E-state index contributed by atoms with van der Waals surface area (Å²) in [5.41, 5.74) is 1.79. The standard InChI is InChI=1S/C12H17Cl/c1-12(2,3)9-8-10-4-6-11(13)7-5-10/h4-7H,8-9H2,1-3H3. The Labute approximate surface area is 85.9 Å². The molecule has 0 atom stereocenters. The van der Waals surface area contributed by atoms with Crippen molar-refractivity contribution in [3.63, 3.8) is 0 Å². The van der Waals surface area contributed by atoms with Crippen LogP contribution in [0.5, 0.6) is 0 Å². The van der Waals surface area contributed by atoms with Gasteiger partial charge in [0, 0.05) is 5.02 Å². The minimum absolute atomic E-state index is 0.416. The molecule has 0 saturated heterocycles. The van der Waals surface area contributed by atoms with E-state index in [1.54, 1.807) is 0 Å². The highest BCUT2D eigenvalue weighted by Crippen LogP contribution is 2.21. The van der Waals surface area contributed by atoms with E-state index in [1.165, 1.54) is 12.0 Å². The van der Waals surface area contributed by atoms with Crippen molar-refractivity contribution in [1.29, 1.82) is 0 Å². The highest BCUT2D eigenvalue weighted by molar-refractivity contribution is 6.30. The van der Waals surface area contributed by atoms with Crippen LogP contribution in [0, 0.1) is 5.41 Å². The first-order chi connectivity index (χ1) is 5.97. The zero-order valence-electron chi connectivity index (χ0n) is 8.60. The Morgan fingerprint density at radius 1 is 1.08 bits per heavy atom. The van der Waals surface area contributed by atoms with Gasteiger partial charge in [-0.3, -0.25) is 0 Å². The van der Waals surface area contributed by atoms with Gasteiger partial charge in [0.25, 0.3) is 0 Å². The van der Waals surface area contributed by atoms with Crippen molar-refractivity contribution in [3.8, 4) is 0 Å². The Kier molecular flexibility index (Phi) is 3.38. The first kappa shape index (κ1) is 10.6. The largest absolute Gasteiger partial charge is 0.0843 e. The van der Waals surface area contributed by atoms with Crippen LogP contribution >= 0.6 is 11.6 Å². The number of rotatable bonds is 2. The fourth-order valence-electron chi connectivity index (χ4n) is 1.17. The molecule has 0 bridgehead atoms. The lowest BCUT2D eigenvalue weighted by Crippen LogP contribution is -2.06. The normalized spacial score (nSPS) is 11.7. The maximum absolute atomic E-state index is 5.80. The molecule has 13 heavy (non-hydrogen) atoms. The molecular weight excluding hydrogens is 180 g/mol. The van der Waals surface area contributed by atoms with Crippen LogP contribution in [-0.4, -0.2) is 0 Å². The molecule has 0 spiro atoms. The van der Waals surface area contributed by atoms with E-state index in [1.807, 2.05) is 12.1 Å². The summed E-state index contributed by atoms with van der Waals surface area (Å²) < 4.78 is 0. The molecule has 0 aliphatic heterocycles. The molecule has 1 heteroatoms. The molecule has 0 radical (unpaired) electrons. The number of hydrogen-bond acceptors (Lipinski definition) is 0. The maximum atomic E-state index is 5.80. The SMILES string of the molecule is CC(C)(C)CCc1ccc(Cl)cc1. The summed E-state index contributed by atoms with van der Waals surface area (Å²) in [4.78, 5) is 0. The maximum Gasteiger partial charge on any atom is 0.0406 e. The molecule has 0 saturated carbocycles. The summed E-state index contributed by atoms with van der Waals surface area (Å²) in [6.07, 6.45) is 2.36. The average molecular weight is 197 g/mol. The fraction of sp³-hybridized carbons (Fsp3) is 0.500. The Hall–Kier alpha value is -0.490. The third-order valence-electron chi connectivity index (χ3n) is 2.08. The summed E-state index contributed by atoms with van der Waals surface area (Å²) in [5, 5.41) is 0.819. The van der Waals surface area contributed by atoms with Gasteiger partial charge in [-0.05, 0) is 36.0 Å². The minimum atomic E-state index is 0.416. The van der Waals surface area contributed by atoms with E-state index < -0.39 is 0 Å².